The van der Waals surface area contributed by atoms with Gasteiger partial charge in [0.1, 0.15) is 0 Å². The second kappa shape index (κ2) is 5.48. The summed E-state index contributed by atoms with van der Waals surface area (Å²) in [5.41, 5.74) is 1.43. The molecule has 19 heavy (non-hydrogen) atoms. The molecule has 2 aromatic heterocycles. The Balaban J connectivity index is 1.75. The number of aryl methyl sites for hydroxylation is 2. The van der Waals surface area contributed by atoms with E-state index in [0.717, 1.165) is 18.5 Å². The summed E-state index contributed by atoms with van der Waals surface area (Å²) in [5.74, 6) is -0.268. The Bertz CT molecular complexity index is 537. The molecule has 0 bridgehead atoms. The summed E-state index contributed by atoms with van der Waals surface area (Å²) in [7, 11) is 0. The molecule has 0 aromatic carbocycles. The van der Waals surface area contributed by atoms with Crippen molar-refractivity contribution in [3.05, 3.63) is 22.5 Å². The summed E-state index contributed by atoms with van der Waals surface area (Å²) in [6.45, 7) is 0. The lowest BCUT2D eigenvalue weighted by atomic mass is 10.0. The van der Waals surface area contributed by atoms with Crippen LogP contribution in [0.15, 0.2) is 6.20 Å². The predicted molar refractivity (Wildman–Crippen MR) is 72.3 cm³/mol. The largest absolute Gasteiger partial charge is 0.296 e. The van der Waals surface area contributed by atoms with E-state index in [0.29, 0.717) is 5.13 Å². The number of hydrogen-bond acceptors (Lipinski definition) is 5. The number of nitrogens with zero attached hydrogens (tertiary/aromatic N) is 3. The summed E-state index contributed by atoms with van der Waals surface area (Å²) >= 11 is 1.58. The average molecular weight is 277 g/mol. The van der Waals surface area contributed by atoms with Crippen LogP contribution < -0.4 is 5.32 Å². The molecule has 2 aromatic rings. The fraction of sp³-hybridized carbons (Fsp3) is 0.500. The van der Waals surface area contributed by atoms with Crippen LogP contribution in [0.2, 0.25) is 0 Å². The minimum Gasteiger partial charge on any atom is -0.296 e. The molecule has 2 heterocycles. The fourth-order valence-corrected chi connectivity index (χ4v) is 3.28. The van der Waals surface area contributed by atoms with Gasteiger partial charge in [-0.15, -0.1) is 11.3 Å². The number of fused-ring (bicyclic) bond motifs is 1. The molecule has 1 amide bonds. The number of carbonyl (C=O) groups excluding carboxylic acids is 1. The molecule has 0 saturated heterocycles. The Kier molecular flexibility index (Phi) is 3.54. The molecule has 0 aliphatic heterocycles. The van der Waals surface area contributed by atoms with E-state index in [2.05, 4.69) is 25.7 Å². The minimum atomic E-state index is -0.268. The maximum Gasteiger partial charge on any atom is 0.279 e. The zero-order chi connectivity index (χ0) is 13.1. The van der Waals surface area contributed by atoms with Crippen LogP contribution in [0.5, 0.6) is 0 Å². The highest BCUT2D eigenvalue weighted by Gasteiger charge is 2.16. The first-order valence-electron chi connectivity index (χ1n) is 6.48. The van der Waals surface area contributed by atoms with Gasteiger partial charge in [0.15, 0.2) is 10.8 Å². The zero-order valence-corrected chi connectivity index (χ0v) is 11.3. The summed E-state index contributed by atoms with van der Waals surface area (Å²) < 4.78 is 0. The number of thiazole rings is 1. The van der Waals surface area contributed by atoms with Crippen LogP contribution in [0, 0.1) is 0 Å². The number of H-pyrrole nitrogens is 1. The molecule has 0 spiro atoms. The number of amides is 1. The highest BCUT2D eigenvalue weighted by molar-refractivity contribution is 7.15. The molecule has 2 N–H and O–H groups in total. The normalized spacial score (nSPS) is 15.4. The van der Waals surface area contributed by atoms with Gasteiger partial charge in [-0.05, 0) is 25.7 Å². The van der Waals surface area contributed by atoms with Crippen molar-refractivity contribution in [2.24, 2.45) is 0 Å². The summed E-state index contributed by atoms with van der Waals surface area (Å²) in [6.07, 6.45) is 8.46. The number of hydrogen-bond donors (Lipinski definition) is 2. The molecule has 0 unspecified atom stereocenters. The molecular weight excluding hydrogens is 262 g/mol. The molecule has 0 fully saturated rings. The first kappa shape index (κ1) is 12.3. The average Bonchev–Trinajstić information content (AvgIpc) is 3.00. The van der Waals surface area contributed by atoms with E-state index in [-0.39, 0.29) is 11.6 Å². The van der Waals surface area contributed by atoms with E-state index in [1.807, 2.05) is 0 Å². The van der Waals surface area contributed by atoms with E-state index in [4.69, 9.17) is 0 Å². The molecule has 1 aliphatic carbocycles. The first-order valence-corrected chi connectivity index (χ1v) is 7.30. The van der Waals surface area contributed by atoms with Gasteiger partial charge in [0, 0.05) is 4.88 Å². The van der Waals surface area contributed by atoms with Gasteiger partial charge < -0.3 is 0 Å². The van der Waals surface area contributed by atoms with E-state index in [1.165, 1.54) is 36.8 Å². The first-order chi connectivity index (χ1) is 9.33. The molecule has 1 aliphatic rings. The third-order valence-corrected chi connectivity index (χ3v) is 4.29. The number of aromatic nitrogens is 4. The number of nitrogens with one attached hydrogen (secondary N) is 2. The predicted octanol–water partition coefficient (Wildman–Crippen LogP) is 2.17. The van der Waals surface area contributed by atoms with Crippen molar-refractivity contribution in [3.63, 3.8) is 0 Å². The van der Waals surface area contributed by atoms with Crippen molar-refractivity contribution in [3.8, 4) is 0 Å². The van der Waals surface area contributed by atoms with Gasteiger partial charge in [0.2, 0.25) is 0 Å². The molecule has 0 saturated carbocycles. The molecule has 3 rings (SSSR count). The van der Waals surface area contributed by atoms with Crippen molar-refractivity contribution < 1.29 is 4.79 Å². The highest BCUT2D eigenvalue weighted by Crippen LogP contribution is 2.28. The van der Waals surface area contributed by atoms with E-state index in [9.17, 15) is 4.79 Å². The molecular formula is C12H15N5OS. The number of carbonyl (C=O) groups is 1. The lowest BCUT2D eigenvalue weighted by Crippen LogP contribution is -2.12. The quantitative estimate of drug-likeness (QED) is 0.881. The fourth-order valence-electron chi connectivity index (χ4n) is 2.23. The maximum atomic E-state index is 11.9. The van der Waals surface area contributed by atoms with Crippen LogP contribution in [-0.2, 0) is 12.8 Å². The second-order valence-corrected chi connectivity index (χ2v) is 5.70. The van der Waals surface area contributed by atoms with Crippen molar-refractivity contribution >= 4 is 22.4 Å². The maximum absolute atomic E-state index is 11.9. The smallest absolute Gasteiger partial charge is 0.279 e. The third kappa shape index (κ3) is 2.81. The topological polar surface area (TPSA) is 83.6 Å². The van der Waals surface area contributed by atoms with Crippen LogP contribution >= 0.6 is 11.3 Å². The summed E-state index contributed by atoms with van der Waals surface area (Å²) in [6, 6.07) is 0. The Morgan fingerprint density at radius 3 is 2.89 bits per heavy atom. The number of aromatic amines is 1. The van der Waals surface area contributed by atoms with Gasteiger partial charge in [-0.25, -0.2) is 4.98 Å². The Hall–Kier alpha value is -1.76. The van der Waals surface area contributed by atoms with Crippen LogP contribution in [-0.4, -0.2) is 26.3 Å². The SMILES string of the molecule is O=C(Nc1nc2c(s1)CCCCCC2)c1cn[nH]n1. The van der Waals surface area contributed by atoms with Crippen molar-refractivity contribution in [2.45, 2.75) is 38.5 Å². The minimum absolute atomic E-state index is 0.268. The molecule has 0 radical (unpaired) electrons. The van der Waals surface area contributed by atoms with Gasteiger partial charge in [0.25, 0.3) is 5.91 Å². The van der Waals surface area contributed by atoms with Crippen LogP contribution in [0.25, 0.3) is 0 Å². The standard InChI is InChI=1S/C12H15N5OS/c18-11(9-7-13-17-16-9)15-12-14-8-5-3-1-2-4-6-10(8)19-12/h7H,1-6H2,(H,13,16,17)(H,14,15,18). The molecule has 6 nitrogen and oxygen atoms in total. The monoisotopic (exact) mass is 277 g/mol. The van der Waals surface area contributed by atoms with Gasteiger partial charge >= 0.3 is 0 Å². The highest BCUT2D eigenvalue weighted by atomic mass is 32.1. The molecule has 7 heteroatoms. The van der Waals surface area contributed by atoms with E-state index < -0.39 is 0 Å². The Morgan fingerprint density at radius 2 is 2.11 bits per heavy atom. The lowest BCUT2D eigenvalue weighted by Gasteiger charge is -2.06. The van der Waals surface area contributed by atoms with Gasteiger partial charge in [0.05, 0.1) is 11.9 Å². The van der Waals surface area contributed by atoms with Crippen LogP contribution in [0.3, 0.4) is 0 Å². The third-order valence-electron chi connectivity index (χ3n) is 3.21. The van der Waals surface area contributed by atoms with Gasteiger partial charge in [-0.3, -0.25) is 10.1 Å². The van der Waals surface area contributed by atoms with E-state index in [1.54, 1.807) is 11.3 Å². The van der Waals surface area contributed by atoms with E-state index >= 15 is 0 Å². The van der Waals surface area contributed by atoms with Gasteiger partial charge in [-0.1, -0.05) is 12.8 Å². The number of rotatable bonds is 2. The summed E-state index contributed by atoms with van der Waals surface area (Å²) in [5, 5.41) is 13.3. The number of anilines is 1. The van der Waals surface area contributed by atoms with Crippen LogP contribution in [0.4, 0.5) is 5.13 Å². The van der Waals surface area contributed by atoms with Crippen molar-refractivity contribution in [1.29, 1.82) is 0 Å². The van der Waals surface area contributed by atoms with Crippen molar-refractivity contribution in [1.82, 2.24) is 20.4 Å². The Labute approximate surface area is 114 Å². The summed E-state index contributed by atoms with van der Waals surface area (Å²) in [4.78, 5) is 17.7. The lowest BCUT2D eigenvalue weighted by molar-refractivity contribution is 0.102. The molecule has 0 atom stereocenters. The molecule has 100 valence electrons. The van der Waals surface area contributed by atoms with Gasteiger partial charge in [-0.2, -0.15) is 15.4 Å². The van der Waals surface area contributed by atoms with Crippen LogP contribution in [0.1, 0.15) is 46.7 Å². The zero-order valence-electron chi connectivity index (χ0n) is 10.5. The Morgan fingerprint density at radius 1 is 1.26 bits per heavy atom. The second-order valence-electron chi connectivity index (χ2n) is 4.61. The van der Waals surface area contributed by atoms with Crippen molar-refractivity contribution in [2.75, 3.05) is 5.32 Å².